The average molecular weight is 568 g/mol. The summed E-state index contributed by atoms with van der Waals surface area (Å²) in [5, 5.41) is 5.17. The standard InChI is InChI=1S/C39H29N3Si/c1-43(2)35-23-12-11-20-31(35)32-21-13-22-34(36(32)43)39-41-37(27-16-7-4-8-17-27)40-38(42-39)33-25-24-28(26-14-5-3-6-15-26)29-18-9-10-19-30(29)33/h3-25H,1-2H3. The predicted octanol–water partition coefficient (Wildman–Crippen LogP) is 8.50. The van der Waals surface area contributed by atoms with Gasteiger partial charge in [-0.2, -0.15) is 0 Å². The van der Waals surface area contributed by atoms with Crippen LogP contribution in [-0.2, 0) is 0 Å². The van der Waals surface area contributed by atoms with E-state index in [9.17, 15) is 0 Å². The second-order valence-corrected chi connectivity index (χ2v) is 15.9. The Balaban J connectivity index is 1.38. The molecule has 43 heavy (non-hydrogen) atoms. The van der Waals surface area contributed by atoms with Gasteiger partial charge >= 0.3 is 0 Å². The molecule has 0 atom stereocenters. The molecule has 0 bridgehead atoms. The first kappa shape index (κ1) is 25.5. The zero-order chi connectivity index (χ0) is 29.0. The summed E-state index contributed by atoms with van der Waals surface area (Å²) < 4.78 is 0. The van der Waals surface area contributed by atoms with E-state index in [1.54, 1.807) is 0 Å². The van der Waals surface area contributed by atoms with Gasteiger partial charge in [-0.15, -0.1) is 0 Å². The van der Waals surface area contributed by atoms with Crippen molar-refractivity contribution in [1.82, 2.24) is 15.0 Å². The summed E-state index contributed by atoms with van der Waals surface area (Å²) in [6, 6.07) is 49.2. The minimum absolute atomic E-state index is 0.685. The van der Waals surface area contributed by atoms with E-state index in [1.807, 2.05) is 18.2 Å². The molecule has 0 radical (unpaired) electrons. The summed E-state index contributed by atoms with van der Waals surface area (Å²) in [5.41, 5.74) is 8.13. The van der Waals surface area contributed by atoms with Gasteiger partial charge in [0, 0.05) is 16.7 Å². The fraction of sp³-hybridized carbons (Fsp3) is 0.0513. The molecule has 1 aliphatic rings. The molecule has 8 rings (SSSR count). The van der Waals surface area contributed by atoms with Gasteiger partial charge in [0.05, 0.1) is 0 Å². The lowest BCUT2D eigenvalue weighted by molar-refractivity contribution is 1.08. The van der Waals surface area contributed by atoms with Crippen LogP contribution >= 0.6 is 0 Å². The van der Waals surface area contributed by atoms with Crippen molar-refractivity contribution in [2.75, 3.05) is 0 Å². The van der Waals surface area contributed by atoms with Crippen LogP contribution in [0.15, 0.2) is 140 Å². The van der Waals surface area contributed by atoms with Gasteiger partial charge in [0.25, 0.3) is 0 Å². The van der Waals surface area contributed by atoms with E-state index in [1.165, 1.54) is 38.0 Å². The molecule has 0 saturated heterocycles. The van der Waals surface area contributed by atoms with Crippen molar-refractivity contribution < 1.29 is 0 Å². The maximum atomic E-state index is 5.26. The second-order valence-electron chi connectivity index (χ2n) is 11.6. The minimum atomic E-state index is -1.99. The highest BCUT2D eigenvalue weighted by Gasteiger charge is 2.39. The smallest absolute Gasteiger partial charge is 0.164 e. The Bertz CT molecular complexity index is 2150. The molecule has 1 aromatic heterocycles. The first-order chi connectivity index (χ1) is 21.1. The Morgan fingerprint density at radius 1 is 0.372 bits per heavy atom. The average Bonchev–Trinajstić information content (AvgIpc) is 3.31. The van der Waals surface area contributed by atoms with Gasteiger partial charge < -0.3 is 0 Å². The third-order valence-electron chi connectivity index (χ3n) is 8.74. The van der Waals surface area contributed by atoms with Gasteiger partial charge in [-0.1, -0.05) is 147 Å². The number of benzene rings is 6. The largest absolute Gasteiger partial charge is 0.208 e. The van der Waals surface area contributed by atoms with Gasteiger partial charge in [-0.3, -0.25) is 0 Å². The third-order valence-corrected chi connectivity index (χ3v) is 12.3. The first-order valence-corrected chi connectivity index (χ1v) is 17.7. The van der Waals surface area contributed by atoms with Crippen LogP contribution in [0.1, 0.15) is 0 Å². The number of aromatic nitrogens is 3. The molecule has 0 aliphatic carbocycles. The Labute approximate surface area is 252 Å². The van der Waals surface area contributed by atoms with Crippen LogP contribution in [0, 0.1) is 0 Å². The van der Waals surface area contributed by atoms with Crippen LogP contribution in [0.4, 0.5) is 0 Å². The molecule has 0 fully saturated rings. The summed E-state index contributed by atoms with van der Waals surface area (Å²) in [5.74, 6) is 2.10. The fourth-order valence-electron chi connectivity index (χ4n) is 6.73. The molecule has 0 spiro atoms. The van der Waals surface area contributed by atoms with E-state index in [0.29, 0.717) is 11.6 Å². The predicted molar refractivity (Wildman–Crippen MR) is 181 cm³/mol. The molecule has 4 heteroatoms. The van der Waals surface area contributed by atoms with Gasteiger partial charge in [0.2, 0.25) is 0 Å². The molecule has 3 nitrogen and oxygen atoms in total. The zero-order valence-corrected chi connectivity index (χ0v) is 25.1. The monoisotopic (exact) mass is 567 g/mol. The molecular formula is C39H29N3Si. The van der Waals surface area contributed by atoms with Crippen LogP contribution in [-0.4, -0.2) is 23.0 Å². The Hall–Kier alpha value is -5.19. The molecule has 6 aromatic carbocycles. The molecule has 7 aromatic rings. The molecule has 0 amide bonds. The number of hydrogen-bond donors (Lipinski definition) is 0. The Morgan fingerprint density at radius 3 is 1.63 bits per heavy atom. The fourth-order valence-corrected chi connectivity index (χ4v) is 10.2. The molecule has 0 saturated carbocycles. The van der Waals surface area contributed by atoms with Crippen LogP contribution in [0.2, 0.25) is 13.1 Å². The first-order valence-electron chi connectivity index (χ1n) is 14.7. The summed E-state index contributed by atoms with van der Waals surface area (Å²) >= 11 is 0. The van der Waals surface area contributed by atoms with Crippen molar-refractivity contribution in [1.29, 1.82) is 0 Å². The van der Waals surface area contributed by atoms with Crippen LogP contribution in [0.3, 0.4) is 0 Å². The van der Waals surface area contributed by atoms with E-state index in [4.69, 9.17) is 15.0 Å². The number of hydrogen-bond acceptors (Lipinski definition) is 3. The zero-order valence-electron chi connectivity index (χ0n) is 24.1. The Morgan fingerprint density at radius 2 is 0.884 bits per heavy atom. The molecule has 1 aliphatic heterocycles. The van der Waals surface area contributed by atoms with Gasteiger partial charge in [-0.25, -0.2) is 15.0 Å². The Kier molecular flexibility index (Phi) is 5.91. The normalized spacial score (nSPS) is 13.1. The number of nitrogens with zero attached hydrogens (tertiary/aromatic N) is 3. The quantitative estimate of drug-likeness (QED) is 0.200. The van der Waals surface area contributed by atoms with E-state index in [-0.39, 0.29) is 0 Å². The SMILES string of the molecule is C[Si]1(C)c2ccccc2-c2cccc(-c3nc(-c4ccccc4)nc(-c4ccc(-c5ccccc5)c5ccccc45)n3)c21. The highest BCUT2D eigenvalue weighted by molar-refractivity contribution is 7.04. The number of fused-ring (bicyclic) bond motifs is 4. The molecular weight excluding hydrogens is 539 g/mol. The summed E-state index contributed by atoms with van der Waals surface area (Å²) in [4.78, 5) is 15.5. The van der Waals surface area contributed by atoms with Crippen molar-refractivity contribution >= 4 is 29.2 Å². The van der Waals surface area contributed by atoms with Crippen LogP contribution in [0.25, 0.3) is 67.2 Å². The van der Waals surface area contributed by atoms with E-state index >= 15 is 0 Å². The van der Waals surface area contributed by atoms with Gasteiger partial charge in [0.1, 0.15) is 8.07 Å². The summed E-state index contributed by atoms with van der Waals surface area (Å²) in [6.07, 6.45) is 0. The van der Waals surface area contributed by atoms with Crippen molar-refractivity contribution in [2.24, 2.45) is 0 Å². The van der Waals surface area contributed by atoms with Crippen molar-refractivity contribution in [2.45, 2.75) is 13.1 Å². The lowest BCUT2D eigenvalue weighted by Gasteiger charge is -2.22. The number of rotatable bonds is 4. The van der Waals surface area contributed by atoms with Crippen LogP contribution < -0.4 is 10.4 Å². The minimum Gasteiger partial charge on any atom is -0.208 e. The highest BCUT2D eigenvalue weighted by atomic mass is 28.3. The topological polar surface area (TPSA) is 38.7 Å². The van der Waals surface area contributed by atoms with Crippen LogP contribution in [0.5, 0.6) is 0 Å². The maximum absolute atomic E-state index is 5.26. The third kappa shape index (κ3) is 4.14. The van der Waals surface area contributed by atoms with E-state index < -0.39 is 8.07 Å². The second kappa shape index (κ2) is 9.97. The van der Waals surface area contributed by atoms with Gasteiger partial charge in [-0.05, 0) is 49.5 Å². The van der Waals surface area contributed by atoms with E-state index in [0.717, 1.165) is 27.9 Å². The molecule has 204 valence electrons. The summed E-state index contributed by atoms with van der Waals surface area (Å²) in [6.45, 7) is 4.88. The lowest BCUT2D eigenvalue weighted by atomic mass is 9.94. The molecule has 0 unspecified atom stereocenters. The summed E-state index contributed by atoms with van der Waals surface area (Å²) in [7, 11) is -1.99. The van der Waals surface area contributed by atoms with Crippen molar-refractivity contribution in [3.05, 3.63) is 140 Å². The molecule has 2 heterocycles. The van der Waals surface area contributed by atoms with E-state index in [2.05, 4.69) is 134 Å². The van der Waals surface area contributed by atoms with Crippen molar-refractivity contribution in [3.63, 3.8) is 0 Å². The van der Waals surface area contributed by atoms with Gasteiger partial charge in [0.15, 0.2) is 17.5 Å². The maximum Gasteiger partial charge on any atom is 0.164 e. The molecule has 0 N–H and O–H groups in total. The lowest BCUT2D eigenvalue weighted by Crippen LogP contribution is -2.50. The van der Waals surface area contributed by atoms with Crippen molar-refractivity contribution in [3.8, 4) is 56.4 Å². The highest BCUT2D eigenvalue weighted by Crippen LogP contribution is 2.37.